The van der Waals surface area contributed by atoms with Gasteiger partial charge in [0.05, 0.1) is 13.2 Å². The van der Waals surface area contributed by atoms with E-state index in [-0.39, 0.29) is 24.0 Å². The molecule has 0 aliphatic rings. The maximum Gasteiger partial charge on any atom is 0.189 e. The molecule has 0 saturated heterocycles. The van der Waals surface area contributed by atoms with Crippen molar-refractivity contribution in [1.29, 1.82) is 0 Å². The topological polar surface area (TPSA) is 59.6 Å². The van der Waals surface area contributed by atoms with Crippen LogP contribution in [0.4, 0.5) is 0 Å². The van der Waals surface area contributed by atoms with Gasteiger partial charge in [-0.1, -0.05) is 24.3 Å². The predicted octanol–water partition coefficient (Wildman–Crippen LogP) is 2.29. The molecule has 0 saturated carbocycles. The fourth-order valence-electron chi connectivity index (χ4n) is 1.33. The van der Waals surface area contributed by atoms with Crippen LogP contribution in [-0.2, 0) is 6.54 Å². The van der Waals surface area contributed by atoms with Crippen LogP contribution < -0.4 is 15.8 Å². The Morgan fingerprint density at radius 2 is 2.22 bits per heavy atom. The number of ether oxygens (including phenoxy) is 1. The van der Waals surface area contributed by atoms with Crippen molar-refractivity contribution < 1.29 is 4.74 Å². The number of hydrogen-bond donors (Lipinski definition) is 2. The van der Waals surface area contributed by atoms with Gasteiger partial charge in [0.25, 0.3) is 0 Å². The number of benzene rings is 1. The summed E-state index contributed by atoms with van der Waals surface area (Å²) >= 11 is 0. The molecule has 0 amide bonds. The van der Waals surface area contributed by atoms with Crippen molar-refractivity contribution in [3.63, 3.8) is 0 Å². The van der Waals surface area contributed by atoms with E-state index in [1.54, 1.807) is 6.08 Å². The van der Waals surface area contributed by atoms with Crippen molar-refractivity contribution in [2.75, 3.05) is 13.2 Å². The number of guanidine groups is 1. The Kier molecular flexibility index (Phi) is 9.08. The van der Waals surface area contributed by atoms with Crippen LogP contribution in [0.3, 0.4) is 0 Å². The number of rotatable bonds is 6. The van der Waals surface area contributed by atoms with Crippen molar-refractivity contribution in [1.82, 2.24) is 5.32 Å². The minimum absolute atomic E-state index is 0. The van der Waals surface area contributed by atoms with E-state index >= 15 is 0 Å². The van der Waals surface area contributed by atoms with Crippen molar-refractivity contribution in [3.05, 3.63) is 42.5 Å². The Balaban J connectivity index is 0.00000289. The van der Waals surface area contributed by atoms with Crippen LogP contribution in [0.25, 0.3) is 0 Å². The Labute approximate surface area is 125 Å². The average molecular weight is 361 g/mol. The van der Waals surface area contributed by atoms with Gasteiger partial charge in [0.1, 0.15) is 5.75 Å². The van der Waals surface area contributed by atoms with E-state index in [9.17, 15) is 0 Å². The van der Waals surface area contributed by atoms with Gasteiger partial charge in [-0.05, 0) is 13.0 Å². The third-order valence-electron chi connectivity index (χ3n) is 2.12. The lowest BCUT2D eigenvalue weighted by Crippen LogP contribution is -2.31. The van der Waals surface area contributed by atoms with Crippen molar-refractivity contribution in [2.45, 2.75) is 13.5 Å². The molecule has 100 valence electrons. The summed E-state index contributed by atoms with van der Waals surface area (Å²) in [6.07, 6.45) is 1.73. The fourth-order valence-corrected chi connectivity index (χ4v) is 1.33. The van der Waals surface area contributed by atoms with E-state index < -0.39 is 0 Å². The Morgan fingerprint density at radius 1 is 1.50 bits per heavy atom. The summed E-state index contributed by atoms with van der Waals surface area (Å²) in [6, 6.07) is 7.81. The molecule has 0 aliphatic carbocycles. The van der Waals surface area contributed by atoms with E-state index in [2.05, 4.69) is 16.9 Å². The summed E-state index contributed by atoms with van der Waals surface area (Å²) in [5.41, 5.74) is 6.71. The van der Waals surface area contributed by atoms with Gasteiger partial charge in [0, 0.05) is 12.1 Å². The number of hydrogen-bond acceptors (Lipinski definition) is 2. The molecule has 18 heavy (non-hydrogen) atoms. The molecular weight excluding hydrogens is 341 g/mol. The molecule has 0 fully saturated rings. The summed E-state index contributed by atoms with van der Waals surface area (Å²) in [5.74, 6) is 1.27. The molecule has 0 radical (unpaired) electrons. The SMILES string of the molecule is C=CCNC(N)=NCc1ccccc1OCC.I. The van der Waals surface area contributed by atoms with E-state index in [4.69, 9.17) is 10.5 Å². The molecule has 1 aromatic carbocycles. The monoisotopic (exact) mass is 361 g/mol. The fraction of sp³-hybridized carbons (Fsp3) is 0.308. The van der Waals surface area contributed by atoms with Gasteiger partial charge in [-0.25, -0.2) is 4.99 Å². The molecule has 3 N–H and O–H groups in total. The van der Waals surface area contributed by atoms with Crippen molar-refractivity contribution in [2.24, 2.45) is 10.7 Å². The first kappa shape index (κ1) is 16.8. The zero-order valence-corrected chi connectivity index (χ0v) is 12.9. The Morgan fingerprint density at radius 3 is 2.89 bits per heavy atom. The lowest BCUT2D eigenvalue weighted by atomic mass is 10.2. The summed E-state index contributed by atoms with van der Waals surface area (Å²) < 4.78 is 5.50. The van der Waals surface area contributed by atoms with Gasteiger partial charge in [-0.2, -0.15) is 0 Å². The number of nitrogens with two attached hydrogens (primary N) is 1. The minimum Gasteiger partial charge on any atom is -0.494 e. The Hall–Kier alpha value is -1.24. The lowest BCUT2D eigenvalue weighted by Gasteiger charge is -2.08. The second-order valence-corrected chi connectivity index (χ2v) is 3.41. The first-order valence-electron chi connectivity index (χ1n) is 5.63. The smallest absolute Gasteiger partial charge is 0.189 e. The normalized spacial score (nSPS) is 10.4. The van der Waals surface area contributed by atoms with Crippen LogP contribution in [0, 0.1) is 0 Å². The molecule has 4 nitrogen and oxygen atoms in total. The highest BCUT2D eigenvalue weighted by molar-refractivity contribution is 14.0. The number of para-hydroxylation sites is 1. The lowest BCUT2D eigenvalue weighted by molar-refractivity contribution is 0.336. The molecule has 0 unspecified atom stereocenters. The van der Waals surface area contributed by atoms with Crippen LogP contribution in [0.15, 0.2) is 41.9 Å². The molecule has 1 aromatic rings. The number of aliphatic imine (C=N–C) groups is 1. The predicted molar refractivity (Wildman–Crippen MR) is 86.6 cm³/mol. The molecule has 1 rings (SSSR count). The molecule has 0 atom stereocenters. The van der Waals surface area contributed by atoms with Crippen molar-refractivity contribution in [3.8, 4) is 5.75 Å². The standard InChI is InChI=1S/C13H19N3O.HI/c1-3-9-15-13(14)16-10-11-7-5-6-8-12(11)17-4-2;/h3,5-8H,1,4,9-10H2,2H3,(H3,14,15,16);1H. The molecule has 5 heteroatoms. The quantitative estimate of drug-likeness (QED) is 0.354. The molecule has 0 bridgehead atoms. The summed E-state index contributed by atoms with van der Waals surface area (Å²) in [7, 11) is 0. The zero-order chi connectivity index (χ0) is 12.5. The molecular formula is C13H20IN3O. The maximum absolute atomic E-state index is 5.68. The average Bonchev–Trinajstić information content (AvgIpc) is 2.35. The highest BCUT2D eigenvalue weighted by Gasteiger charge is 2.01. The van der Waals surface area contributed by atoms with Crippen molar-refractivity contribution >= 4 is 29.9 Å². The number of nitrogens with zero attached hydrogens (tertiary/aromatic N) is 1. The van der Waals surface area contributed by atoms with Gasteiger partial charge in [0.15, 0.2) is 5.96 Å². The third kappa shape index (κ3) is 5.90. The van der Waals surface area contributed by atoms with Gasteiger partial charge < -0.3 is 15.8 Å². The summed E-state index contributed by atoms with van der Waals surface area (Å²) in [5, 5.41) is 2.92. The highest BCUT2D eigenvalue weighted by Crippen LogP contribution is 2.18. The molecule has 0 aliphatic heterocycles. The van der Waals surface area contributed by atoms with Crippen LogP contribution in [0.2, 0.25) is 0 Å². The van der Waals surface area contributed by atoms with Gasteiger partial charge in [-0.15, -0.1) is 30.6 Å². The van der Waals surface area contributed by atoms with Crippen LogP contribution in [-0.4, -0.2) is 19.1 Å². The van der Waals surface area contributed by atoms with E-state index in [1.807, 2.05) is 31.2 Å². The van der Waals surface area contributed by atoms with E-state index in [1.165, 1.54) is 0 Å². The first-order valence-corrected chi connectivity index (χ1v) is 5.63. The third-order valence-corrected chi connectivity index (χ3v) is 2.12. The van der Waals surface area contributed by atoms with Crippen LogP contribution >= 0.6 is 24.0 Å². The highest BCUT2D eigenvalue weighted by atomic mass is 127. The van der Waals surface area contributed by atoms with E-state index in [0.29, 0.717) is 25.7 Å². The largest absolute Gasteiger partial charge is 0.494 e. The number of halogens is 1. The summed E-state index contributed by atoms with van der Waals surface area (Å²) in [4.78, 5) is 4.23. The van der Waals surface area contributed by atoms with Gasteiger partial charge in [0.2, 0.25) is 0 Å². The number of nitrogens with one attached hydrogen (secondary N) is 1. The van der Waals surface area contributed by atoms with E-state index in [0.717, 1.165) is 11.3 Å². The minimum atomic E-state index is 0. The molecule has 0 aromatic heterocycles. The molecule has 0 heterocycles. The first-order chi connectivity index (χ1) is 8.27. The van der Waals surface area contributed by atoms with Gasteiger partial charge in [-0.3, -0.25) is 0 Å². The zero-order valence-electron chi connectivity index (χ0n) is 10.6. The van der Waals surface area contributed by atoms with Crippen LogP contribution in [0.5, 0.6) is 5.75 Å². The summed E-state index contributed by atoms with van der Waals surface area (Å²) in [6.45, 7) is 7.32. The second kappa shape index (κ2) is 9.76. The van der Waals surface area contributed by atoms with Crippen LogP contribution in [0.1, 0.15) is 12.5 Å². The molecule has 0 spiro atoms. The van der Waals surface area contributed by atoms with Gasteiger partial charge >= 0.3 is 0 Å². The maximum atomic E-state index is 5.68. The Bertz CT molecular complexity index is 394. The second-order valence-electron chi connectivity index (χ2n) is 3.41.